The van der Waals surface area contributed by atoms with Crippen molar-refractivity contribution in [3.05, 3.63) is 0 Å². The summed E-state index contributed by atoms with van der Waals surface area (Å²) in [6, 6.07) is -1.74. The van der Waals surface area contributed by atoms with E-state index in [1.165, 1.54) is 0 Å². The molecule has 0 aliphatic carbocycles. The Labute approximate surface area is 73.4 Å². The molecule has 0 aromatic carbocycles. The summed E-state index contributed by atoms with van der Waals surface area (Å²) in [5, 5.41) is 34.3. The molecule has 0 spiro atoms. The number of carbonyl (C=O) groups is 2. The Morgan fingerprint density at radius 3 is 2.08 bits per heavy atom. The summed E-state index contributed by atoms with van der Waals surface area (Å²) in [5.74, 6) is -3.21. The fraction of sp³-hybridized carbons (Fsp3) is 0.667. The van der Waals surface area contributed by atoms with Crippen LogP contribution in [0.1, 0.15) is 0 Å². The van der Waals surface area contributed by atoms with Crippen LogP contribution in [0.5, 0.6) is 0 Å². The van der Waals surface area contributed by atoms with Crippen molar-refractivity contribution in [3.63, 3.8) is 0 Å². The minimum Gasteiger partial charge on any atom is -0.475 e. The number of carbonyl (C=O) groups excluding carboxylic acids is 1. The number of hydrogen-bond acceptors (Lipinski definition) is 6. The van der Waals surface area contributed by atoms with E-state index in [0.717, 1.165) is 0 Å². The lowest BCUT2D eigenvalue weighted by atomic mass is 10.0. The number of aliphatic carboxylic acids is 1. The van der Waals surface area contributed by atoms with Gasteiger partial charge in [0.25, 0.3) is 5.78 Å². The molecule has 0 amide bonds. The van der Waals surface area contributed by atoms with E-state index in [0.29, 0.717) is 0 Å². The monoisotopic (exact) mass is 193 g/mol. The number of hydrogen-bond donors (Lipinski definition) is 5. The Bertz CT molecular complexity index is 205. The smallest absolute Gasteiger partial charge is 0.373 e. The van der Waals surface area contributed by atoms with Crippen molar-refractivity contribution in [2.24, 2.45) is 5.73 Å². The molecule has 7 nitrogen and oxygen atoms in total. The number of aliphatic hydroxyl groups excluding tert-OH is 3. The van der Waals surface area contributed by atoms with Gasteiger partial charge in [0.2, 0.25) is 0 Å². The molecule has 0 bridgehead atoms. The number of nitrogens with two attached hydrogens (primary N) is 1. The molecule has 0 heterocycles. The maximum absolute atomic E-state index is 10.6. The summed E-state index contributed by atoms with van der Waals surface area (Å²) in [4.78, 5) is 20.7. The molecule has 0 aromatic rings. The molecule has 3 atom stereocenters. The van der Waals surface area contributed by atoms with Gasteiger partial charge in [-0.15, -0.1) is 0 Å². The number of aliphatic hydroxyl groups is 3. The first-order valence-electron chi connectivity index (χ1n) is 3.41. The second-order valence-electron chi connectivity index (χ2n) is 2.44. The molecule has 76 valence electrons. The Hall–Kier alpha value is -1.02. The van der Waals surface area contributed by atoms with Crippen LogP contribution in [0, 0.1) is 0 Å². The minimum absolute atomic E-state index is 0.804. The Morgan fingerprint density at radius 1 is 1.31 bits per heavy atom. The van der Waals surface area contributed by atoms with Gasteiger partial charge in [-0.1, -0.05) is 0 Å². The minimum atomic E-state index is -1.79. The third-order valence-corrected chi connectivity index (χ3v) is 1.46. The highest BCUT2D eigenvalue weighted by Gasteiger charge is 2.32. The van der Waals surface area contributed by atoms with Crippen molar-refractivity contribution in [3.8, 4) is 0 Å². The van der Waals surface area contributed by atoms with E-state index in [-0.39, 0.29) is 0 Å². The van der Waals surface area contributed by atoms with Crippen LogP contribution < -0.4 is 5.73 Å². The summed E-state index contributed by atoms with van der Waals surface area (Å²) >= 11 is 0. The van der Waals surface area contributed by atoms with E-state index in [4.69, 9.17) is 26.2 Å². The van der Waals surface area contributed by atoms with Gasteiger partial charge in [-0.05, 0) is 0 Å². The van der Waals surface area contributed by atoms with E-state index in [1.54, 1.807) is 0 Å². The molecule has 3 unspecified atom stereocenters. The quantitative estimate of drug-likeness (QED) is 0.288. The summed E-state index contributed by atoms with van der Waals surface area (Å²) in [6.07, 6.45) is -3.41. The molecule has 0 aliphatic rings. The molecular weight excluding hydrogens is 182 g/mol. The molecular formula is C6H11NO6. The van der Waals surface area contributed by atoms with Crippen molar-refractivity contribution in [2.45, 2.75) is 18.2 Å². The van der Waals surface area contributed by atoms with Crippen LogP contribution in [0.2, 0.25) is 0 Å². The topological polar surface area (TPSA) is 141 Å². The Kier molecular flexibility index (Phi) is 4.49. The number of carboxylic acid groups (broad SMARTS) is 1. The zero-order valence-electron chi connectivity index (χ0n) is 6.62. The normalized spacial score (nSPS) is 17.5. The number of Topliss-reactive ketones (excluding diaryl/α,β-unsaturated/α-hetero) is 1. The van der Waals surface area contributed by atoms with Crippen molar-refractivity contribution in [1.29, 1.82) is 0 Å². The zero-order chi connectivity index (χ0) is 10.6. The predicted octanol–water partition coefficient (Wildman–Crippen LogP) is -3.32. The standard InChI is InChI=1S/C6H11NO6/c7-3(5(11)6(12)13)4(10)2(9)1-8/h2-4,8-10H,1,7H2,(H,12,13). The number of ketones is 1. The van der Waals surface area contributed by atoms with E-state index in [1.807, 2.05) is 0 Å². The third-order valence-electron chi connectivity index (χ3n) is 1.46. The molecule has 0 aromatic heterocycles. The van der Waals surface area contributed by atoms with Gasteiger partial charge in [0.1, 0.15) is 18.2 Å². The molecule has 7 heteroatoms. The molecule has 13 heavy (non-hydrogen) atoms. The van der Waals surface area contributed by atoms with Gasteiger partial charge in [-0.25, -0.2) is 4.79 Å². The van der Waals surface area contributed by atoms with Crippen LogP contribution >= 0.6 is 0 Å². The van der Waals surface area contributed by atoms with Gasteiger partial charge in [0.15, 0.2) is 0 Å². The molecule has 0 saturated carbocycles. The highest BCUT2D eigenvalue weighted by Crippen LogP contribution is 1.98. The van der Waals surface area contributed by atoms with Crippen LogP contribution in [0.4, 0.5) is 0 Å². The first-order valence-corrected chi connectivity index (χ1v) is 3.41. The van der Waals surface area contributed by atoms with Crippen molar-refractivity contribution >= 4 is 11.8 Å². The van der Waals surface area contributed by atoms with Crippen molar-refractivity contribution in [2.75, 3.05) is 6.61 Å². The third kappa shape index (κ3) is 3.07. The first kappa shape index (κ1) is 12.0. The second-order valence-corrected chi connectivity index (χ2v) is 2.44. The first-order chi connectivity index (χ1) is 5.91. The number of carboxylic acids is 1. The largest absolute Gasteiger partial charge is 0.475 e. The summed E-state index contributed by atoms with van der Waals surface area (Å²) in [5.41, 5.74) is 4.99. The maximum Gasteiger partial charge on any atom is 0.373 e. The molecule has 6 N–H and O–H groups in total. The van der Waals surface area contributed by atoms with E-state index < -0.39 is 36.6 Å². The summed E-state index contributed by atoms with van der Waals surface area (Å²) < 4.78 is 0. The Balaban J connectivity index is 4.33. The average molecular weight is 193 g/mol. The van der Waals surface area contributed by atoms with Gasteiger partial charge in [0, 0.05) is 0 Å². The second kappa shape index (κ2) is 4.87. The van der Waals surface area contributed by atoms with Crippen LogP contribution in [-0.2, 0) is 9.59 Å². The van der Waals surface area contributed by atoms with E-state index in [9.17, 15) is 9.59 Å². The van der Waals surface area contributed by atoms with Gasteiger partial charge >= 0.3 is 5.97 Å². The summed E-state index contributed by atoms with van der Waals surface area (Å²) in [7, 11) is 0. The number of rotatable bonds is 5. The van der Waals surface area contributed by atoms with Gasteiger partial charge in [-0.3, -0.25) is 4.79 Å². The molecule has 0 saturated heterocycles. The molecule has 0 radical (unpaired) electrons. The van der Waals surface area contributed by atoms with E-state index in [2.05, 4.69) is 0 Å². The van der Waals surface area contributed by atoms with Gasteiger partial charge in [-0.2, -0.15) is 0 Å². The van der Waals surface area contributed by atoms with Crippen molar-refractivity contribution in [1.82, 2.24) is 0 Å². The molecule has 0 fully saturated rings. The van der Waals surface area contributed by atoms with Gasteiger partial charge < -0.3 is 26.2 Å². The SMILES string of the molecule is NC(C(=O)C(=O)O)C(O)C(O)CO. The van der Waals surface area contributed by atoms with E-state index >= 15 is 0 Å². The highest BCUT2D eigenvalue weighted by molar-refractivity contribution is 6.34. The fourth-order valence-corrected chi connectivity index (χ4v) is 0.645. The molecule has 0 rings (SSSR count). The van der Waals surface area contributed by atoms with Crippen LogP contribution in [0.15, 0.2) is 0 Å². The van der Waals surface area contributed by atoms with Crippen LogP contribution in [-0.4, -0.2) is 57.0 Å². The molecule has 0 aliphatic heterocycles. The maximum atomic E-state index is 10.6. The fourth-order valence-electron chi connectivity index (χ4n) is 0.645. The van der Waals surface area contributed by atoms with Crippen molar-refractivity contribution < 1.29 is 30.0 Å². The zero-order valence-corrected chi connectivity index (χ0v) is 6.62. The lowest BCUT2D eigenvalue weighted by Gasteiger charge is -2.19. The van der Waals surface area contributed by atoms with Crippen LogP contribution in [0.3, 0.4) is 0 Å². The average Bonchev–Trinajstić information content (AvgIpc) is 2.12. The Morgan fingerprint density at radius 2 is 1.77 bits per heavy atom. The van der Waals surface area contributed by atoms with Crippen LogP contribution in [0.25, 0.3) is 0 Å². The summed E-state index contributed by atoms with van der Waals surface area (Å²) in [6.45, 7) is -0.804. The highest BCUT2D eigenvalue weighted by atomic mass is 16.4. The lowest BCUT2D eigenvalue weighted by Crippen LogP contribution is -2.51. The van der Waals surface area contributed by atoms with Gasteiger partial charge in [0.05, 0.1) is 6.61 Å². The predicted molar refractivity (Wildman–Crippen MR) is 39.7 cm³/mol. The lowest BCUT2D eigenvalue weighted by molar-refractivity contribution is -0.152.